The molecule has 0 unspecified atom stereocenters. The third-order valence-corrected chi connectivity index (χ3v) is 4.69. The zero-order chi connectivity index (χ0) is 17.2. The van der Waals surface area contributed by atoms with Crippen LogP contribution in [0.3, 0.4) is 0 Å². The van der Waals surface area contributed by atoms with Gasteiger partial charge in [-0.05, 0) is 49.1 Å². The first-order valence-corrected chi connectivity index (χ1v) is 8.49. The van der Waals surface area contributed by atoms with Crippen LogP contribution in [-0.2, 0) is 7.05 Å². The molecule has 1 N–H and O–H groups in total. The zero-order valence-electron chi connectivity index (χ0n) is 14.1. The highest BCUT2D eigenvalue weighted by atomic mass is 16.2. The molecule has 25 heavy (non-hydrogen) atoms. The van der Waals surface area contributed by atoms with Gasteiger partial charge in [0.05, 0.1) is 11.6 Å². The van der Waals surface area contributed by atoms with Crippen LogP contribution < -0.4 is 5.32 Å². The lowest BCUT2D eigenvalue weighted by Gasteiger charge is -2.35. The Morgan fingerprint density at radius 1 is 1.28 bits per heavy atom. The van der Waals surface area contributed by atoms with Crippen molar-refractivity contribution in [3.63, 3.8) is 0 Å². The molecule has 0 radical (unpaired) electrons. The molecule has 0 spiro atoms. The lowest BCUT2D eigenvalue weighted by atomic mass is 9.97. The molecule has 1 aromatic carbocycles. The van der Waals surface area contributed by atoms with E-state index in [9.17, 15) is 4.79 Å². The van der Waals surface area contributed by atoms with Crippen molar-refractivity contribution >= 4 is 22.8 Å². The maximum absolute atomic E-state index is 12.8. The Hall–Kier alpha value is -2.96. The monoisotopic (exact) mass is 336 g/mol. The second-order valence-corrected chi connectivity index (χ2v) is 6.34. The molecule has 3 aromatic rings. The lowest BCUT2D eigenvalue weighted by Crippen LogP contribution is -2.41. The fourth-order valence-electron chi connectivity index (χ4n) is 3.41. The fourth-order valence-corrected chi connectivity index (χ4v) is 3.41. The third kappa shape index (κ3) is 3.05. The number of likely N-dealkylation sites (tertiary alicyclic amines) is 1. The minimum atomic E-state index is -0.0863. The van der Waals surface area contributed by atoms with E-state index in [1.165, 1.54) is 0 Å². The number of benzene rings is 1. The maximum Gasteiger partial charge on any atom is 0.322 e. The van der Waals surface area contributed by atoms with Crippen molar-refractivity contribution in [1.29, 1.82) is 0 Å². The van der Waals surface area contributed by atoms with Gasteiger partial charge in [-0.15, -0.1) is 5.10 Å². The number of piperidine rings is 1. The van der Waals surface area contributed by atoms with Crippen LogP contribution in [-0.4, -0.2) is 37.5 Å². The number of rotatable bonds is 2. The van der Waals surface area contributed by atoms with Crippen molar-refractivity contribution in [3.05, 3.63) is 48.3 Å². The average Bonchev–Trinajstić information content (AvgIpc) is 3.03. The summed E-state index contributed by atoms with van der Waals surface area (Å²) in [6, 6.07) is 9.59. The Morgan fingerprint density at radius 3 is 3.04 bits per heavy atom. The Balaban J connectivity index is 1.55. The number of carbonyl (C=O) groups is 1. The average molecular weight is 336 g/mol. The second kappa shape index (κ2) is 6.51. The van der Waals surface area contributed by atoms with Gasteiger partial charge in [0.25, 0.3) is 0 Å². The molecule has 0 bridgehead atoms. The number of amides is 2. The van der Waals surface area contributed by atoms with E-state index in [1.807, 2.05) is 48.5 Å². The molecule has 7 heteroatoms. The van der Waals surface area contributed by atoms with E-state index in [-0.39, 0.29) is 12.1 Å². The number of aryl methyl sites for hydroxylation is 1. The largest absolute Gasteiger partial charge is 0.322 e. The molecule has 1 saturated heterocycles. The minimum absolute atomic E-state index is 0.0719. The van der Waals surface area contributed by atoms with Gasteiger partial charge in [-0.1, -0.05) is 11.3 Å². The minimum Gasteiger partial charge on any atom is -0.317 e. The second-order valence-electron chi connectivity index (χ2n) is 6.34. The van der Waals surface area contributed by atoms with Crippen molar-refractivity contribution in [3.8, 4) is 0 Å². The van der Waals surface area contributed by atoms with Gasteiger partial charge in [0.2, 0.25) is 0 Å². The number of nitrogens with one attached hydrogen (secondary N) is 1. The van der Waals surface area contributed by atoms with Gasteiger partial charge in [0.15, 0.2) is 0 Å². The van der Waals surface area contributed by atoms with Crippen molar-refractivity contribution in [2.75, 3.05) is 11.9 Å². The molecule has 4 rings (SSSR count). The van der Waals surface area contributed by atoms with Crippen LogP contribution in [0.25, 0.3) is 11.0 Å². The maximum atomic E-state index is 12.8. The van der Waals surface area contributed by atoms with Gasteiger partial charge in [-0.25, -0.2) is 9.48 Å². The molecule has 1 fully saturated rings. The number of nitrogens with zero attached hydrogens (tertiary/aromatic N) is 5. The van der Waals surface area contributed by atoms with Crippen LogP contribution in [0, 0.1) is 0 Å². The molecule has 128 valence electrons. The Morgan fingerprint density at radius 2 is 2.20 bits per heavy atom. The Kier molecular flexibility index (Phi) is 4.05. The molecular formula is C18H20N6O. The lowest BCUT2D eigenvalue weighted by molar-refractivity contribution is 0.163. The zero-order valence-corrected chi connectivity index (χ0v) is 14.1. The summed E-state index contributed by atoms with van der Waals surface area (Å²) < 4.78 is 1.71. The van der Waals surface area contributed by atoms with Crippen LogP contribution in [0.1, 0.15) is 30.9 Å². The molecule has 0 aliphatic carbocycles. The predicted octanol–water partition coefficient (Wildman–Crippen LogP) is 3.12. The number of urea groups is 1. The molecule has 1 aliphatic heterocycles. The van der Waals surface area contributed by atoms with Crippen LogP contribution in [0.5, 0.6) is 0 Å². The van der Waals surface area contributed by atoms with Crippen molar-refractivity contribution in [2.45, 2.75) is 25.3 Å². The summed E-state index contributed by atoms with van der Waals surface area (Å²) in [5.41, 5.74) is 3.52. The molecular weight excluding hydrogens is 316 g/mol. The Labute approximate surface area is 145 Å². The number of fused-ring (bicyclic) bond motifs is 1. The summed E-state index contributed by atoms with van der Waals surface area (Å²) in [5, 5.41) is 11.1. The molecule has 1 aliphatic rings. The van der Waals surface area contributed by atoms with Crippen molar-refractivity contribution in [2.24, 2.45) is 7.05 Å². The van der Waals surface area contributed by atoms with Crippen molar-refractivity contribution in [1.82, 2.24) is 24.9 Å². The summed E-state index contributed by atoms with van der Waals surface area (Å²) in [6.45, 7) is 0.749. The topological polar surface area (TPSA) is 75.9 Å². The van der Waals surface area contributed by atoms with E-state index in [0.29, 0.717) is 0 Å². The van der Waals surface area contributed by atoms with E-state index < -0.39 is 0 Å². The number of hydrogen-bond donors (Lipinski definition) is 1. The van der Waals surface area contributed by atoms with Crippen LogP contribution in [0.15, 0.2) is 42.7 Å². The van der Waals surface area contributed by atoms with Gasteiger partial charge in [0, 0.05) is 31.7 Å². The number of anilines is 1. The smallest absolute Gasteiger partial charge is 0.317 e. The molecule has 7 nitrogen and oxygen atoms in total. The first-order valence-electron chi connectivity index (χ1n) is 8.49. The van der Waals surface area contributed by atoms with Gasteiger partial charge in [-0.3, -0.25) is 4.98 Å². The summed E-state index contributed by atoms with van der Waals surface area (Å²) in [7, 11) is 1.85. The summed E-state index contributed by atoms with van der Waals surface area (Å²) in [6.07, 6.45) is 6.71. The molecule has 2 amide bonds. The summed E-state index contributed by atoms with van der Waals surface area (Å²) in [5.74, 6) is 0. The molecule has 3 heterocycles. The highest BCUT2D eigenvalue weighted by Crippen LogP contribution is 2.31. The predicted molar refractivity (Wildman–Crippen MR) is 95.1 cm³/mol. The van der Waals surface area contributed by atoms with Gasteiger partial charge >= 0.3 is 6.03 Å². The number of carbonyl (C=O) groups excluding carboxylic acids is 1. The standard InChI is InChI=1S/C18H20N6O/c1-23-17-8-7-14(11-15(17)21-22-23)20-18(25)24-10-3-2-6-16(24)13-5-4-9-19-12-13/h4-5,7-9,11-12,16H,2-3,6,10H2,1H3,(H,20,25)/t16-/m1/s1. The van der Waals surface area contributed by atoms with Crippen LogP contribution in [0.2, 0.25) is 0 Å². The molecule has 0 saturated carbocycles. The SMILES string of the molecule is Cn1nnc2cc(NC(=O)N3CCCC[C@@H]3c3cccnc3)ccc21. The summed E-state index contributed by atoms with van der Waals surface area (Å²) in [4.78, 5) is 18.9. The normalized spacial score (nSPS) is 17.6. The van der Waals surface area contributed by atoms with Crippen LogP contribution >= 0.6 is 0 Å². The number of hydrogen-bond acceptors (Lipinski definition) is 4. The van der Waals surface area contributed by atoms with E-state index in [1.54, 1.807) is 10.9 Å². The highest BCUT2D eigenvalue weighted by Gasteiger charge is 2.28. The highest BCUT2D eigenvalue weighted by molar-refractivity contribution is 5.92. The van der Waals surface area contributed by atoms with E-state index in [2.05, 4.69) is 20.6 Å². The fraction of sp³-hybridized carbons (Fsp3) is 0.333. The molecule has 1 atom stereocenters. The van der Waals surface area contributed by atoms with E-state index >= 15 is 0 Å². The quantitative estimate of drug-likeness (QED) is 0.780. The van der Waals surface area contributed by atoms with Gasteiger partial charge in [0.1, 0.15) is 5.52 Å². The van der Waals surface area contributed by atoms with Gasteiger partial charge in [-0.2, -0.15) is 0 Å². The third-order valence-electron chi connectivity index (χ3n) is 4.69. The van der Waals surface area contributed by atoms with Crippen LogP contribution in [0.4, 0.5) is 10.5 Å². The number of aromatic nitrogens is 4. The van der Waals surface area contributed by atoms with E-state index in [4.69, 9.17) is 0 Å². The van der Waals surface area contributed by atoms with Gasteiger partial charge < -0.3 is 10.2 Å². The van der Waals surface area contributed by atoms with Crippen molar-refractivity contribution < 1.29 is 4.79 Å². The number of pyridine rings is 1. The Bertz CT molecular complexity index is 891. The molecule has 2 aromatic heterocycles. The first-order chi connectivity index (χ1) is 12.2. The van der Waals surface area contributed by atoms with E-state index in [0.717, 1.165) is 48.1 Å². The first kappa shape index (κ1) is 15.6. The summed E-state index contributed by atoms with van der Waals surface area (Å²) >= 11 is 0.